The lowest BCUT2D eigenvalue weighted by Crippen LogP contribution is -2.03. The SMILES string of the molecule is COc1ccc(CCN)cc1-c1ccc(F)c(F)c1. The van der Waals surface area contributed by atoms with Crippen molar-refractivity contribution in [2.45, 2.75) is 6.42 Å². The van der Waals surface area contributed by atoms with Gasteiger partial charge in [-0.1, -0.05) is 12.1 Å². The van der Waals surface area contributed by atoms with Gasteiger partial charge in [-0.25, -0.2) is 8.78 Å². The van der Waals surface area contributed by atoms with Gasteiger partial charge < -0.3 is 10.5 Å². The zero-order valence-corrected chi connectivity index (χ0v) is 10.6. The summed E-state index contributed by atoms with van der Waals surface area (Å²) in [6, 6.07) is 9.41. The van der Waals surface area contributed by atoms with Gasteiger partial charge >= 0.3 is 0 Å². The van der Waals surface area contributed by atoms with Crippen molar-refractivity contribution in [1.82, 2.24) is 0 Å². The predicted molar refractivity (Wildman–Crippen MR) is 71.1 cm³/mol. The molecule has 0 fully saturated rings. The lowest BCUT2D eigenvalue weighted by atomic mass is 10.0. The Hall–Kier alpha value is -1.94. The molecule has 2 rings (SSSR count). The second-order valence-corrected chi connectivity index (χ2v) is 4.20. The molecule has 19 heavy (non-hydrogen) atoms. The van der Waals surface area contributed by atoms with E-state index in [0.717, 1.165) is 23.6 Å². The molecule has 0 atom stereocenters. The summed E-state index contributed by atoms with van der Waals surface area (Å²) in [5.41, 5.74) is 7.86. The van der Waals surface area contributed by atoms with Crippen molar-refractivity contribution >= 4 is 0 Å². The van der Waals surface area contributed by atoms with Crippen molar-refractivity contribution in [2.75, 3.05) is 13.7 Å². The number of nitrogens with two attached hydrogens (primary N) is 1. The fourth-order valence-corrected chi connectivity index (χ4v) is 1.97. The Bertz CT molecular complexity index is 584. The number of methoxy groups -OCH3 is 1. The van der Waals surface area contributed by atoms with Gasteiger partial charge in [-0.3, -0.25) is 0 Å². The van der Waals surface area contributed by atoms with E-state index in [1.165, 1.54) is 12.1 Å². The van der Waals surface area contributed by atoms with Gasteiger partial charge in [0.1, 0.15) is 5.75 Å². The Kier molecular flexibility index (Phi) is 4.12. The maximum Gasteiger partial charge on any atom is 0.159 e. The molecular weight excluding hydrogens is 248 g/mol. The normalized spacial score (nSPS) is 10.5. The van der Waals surface area contributed by atoms with E-state index < -0.39 is 11.6 Å². The lowest BCUT2D eigenvalue weighted by molar-refractivity contribution is 0.416. The highest BCUT2D eigenvalue weighted by atomic mass is 19.2. The molecule has 0 saturated heterocycles. The molecule has 0 radical (unpaired) electrons. The molecule has 0 aliphatic heterocycles. The van der Waals surface area contributed by atoms with Crippen LogP contribution in [-0.4, -0.2) is 13.7 Å². The smallest absolute Gasteiger partial charge is 0.159 e. The first kappa shape index (κ1) is 13.5. The van der Waals surface area contributed by atoms with E-state index in [4.69, 9.17) is 10.5 Å². The quantitative estimate of drug-likeness (QED) is 0.919. The molecule has 2 aromatic carbocycles. The van der Waals surface area contributed by atoms with Crippen molar-refractivity contribution in [3.8, 4) is 16.9 Å². The van der Waals surface area contributed by atoms with E-state index in [1.807, 2.05) is 18.2 Å². The van der Waals surface area contributed by atoms with Gasteiger partial charge in [0, 0.05) is 5.56 Å². The predicted octanol–water partition coefficient (Wildman–Crippen LogP) is 3.14. The summed E-state index contributed by atoms with van der Waals surface area (Å²) in [7, 11) is 1.54. The van der Waals surface area contributed by atoms with Gasteiger partial charge in [0.15, 0.2) is 11.6 Å². The number of rotatable bonds is 4. The van der Waals surface area contributed by atoms with Crippen molar-refractivity contribution in [1.29, 1.82) is 0 Å². The third kappa shape index (κ3) is 2.90. The monoisotopic (exact) mass is 263 g/mol. The lowest BCUT2D eigenvalue weighted by Gasteiger charge is -2.11. The molecule has 0 spiro atoms. The summed E-state index contributed by atoms with van der Waals surface area (Å²) in [6.45, 7) is 0.531. The van der Waals surface area contributed by atoms with Gasteiger partial charge in [0.05, 0.1) is 7.11 Å². The van der Waals surface area contributed by atoms with Crippen LogP contribution in [0.4, 0.5) is 8.78 Å². The maximum atomic E-state index is 13.3. The second kappa shape index (κ2) is 5.80. The minimum Gasteiger partial charge on any atom is -0.496 e. The first-order valence-corrected chi connectivity index (χ1v) is 5.98. The Morgan fingerprint density at radius 3 is 2.47 bits per heavy atom. The summed E-state index contributed by atoms with van der Waals surface area (Å²) < 4.78 is 31.5. The van der Waals surface area contributed by atoms with Crippen LogP contribution >= 0.6 is 0 Å². The van der Waals surface area contributed by atoms with E-state index in [9.17, 15) is 8.78 Å². The Labute approximate surface area is 110 Å². The van der Waals surface area contributed by atoms with Gasteiger partial charge in [-0.05, 0) is 48.4 Å². The molecule has 0 bridgehead atoms. The Morgan fingerprint density at radius 1 is 1.05 bits per heavy atom. The fraction of sp³-hybridized carbons (Fsp3) is 0.200. The molecule has 100 valence electrons. The van der Waals surface area contributed by atoms with Crippen molar-refractivity contribution < 1.29 is 13.5 Å². The zero-order chi connectivity index (χ0) is 13.8. The van der Waals surface area contributed by atoms with Crippen LogP contribution in [0.3, 0.4) is 0 Å². The number of benzene rings is 2. The molecule has 0 aliphatic carbocycles. The summed E-state index contributed by atoms with van der Waals surface area (Å²) in [4.78, 5) is 0. The third-order valence-corrected chi connectivity index (χ3v) is 2.93. The molecule has 0 amide bonds. The summed E-state index contributed by atoms with van der Waals surface area (Å²) in [6.07, 6.45) is 0.723. The first-order chi connectivity index (χ1) is 9.15. The summed E-state index contributed by atoms with van der Waals surface area (Å²) in [5.74, 6) is -1.11. The van der Waals surface area contributed by atoms with Crippen molar-refractivity contribution in [2.24, 2.45) is 5.73 Å². The van der Waals surface area contributed by atoms with Crippen molar-refractivity contribution in [3.05, 3.63) is 53.6 Å². The number of hydrogen-bond donors (Lipinski definition) is 1. The van der Waals surface area contributed by atoms with E-state index in [1.54, 1.807) is 7.11 Å². The van der Waals surface area contributed by atoms with Gasteiger partial charge in [-0.15, -0.1) is 0 Å². The highest BCUT2D eigenvalue weighted by Crippen LogP contribution is 2.31. The van der Waals surface area contributed by atoms with Gasteiger partial charge in [0.25, 0.3) is 0 Å². The standard InChI is InChI=1S/C15H15F2NO/c1-19-15-5-2-10(6-7-18)8-12(15)11-3-4-13(16)14(17)9-11/h2-5,8-9H,6-7,18H2,1H3. The molecule has 0 aromatic heterocycles. The van der Waals surface area contributed by atoms with Crippen LogP contribution in [0.5, 0.6) is 5.75 Å². The van der Waals surface area contributed by atoms with Crippen molar-refractivity contribution in [3.63, 3.8) is 0 Å². The van der Waals surface area contributed by atoms with E-state index >= 15 is 0 Å². The molecule has 0 unspecified atom stereocenters. The minimum absolute atomic E-state index is 0.531. The largest absolute Gasteiger partial charge is 0.496 e. The average Bonchev–Trinajstić information content (AvgIpc) is 2.42. The molecule has 4 heteroatoms. The van der Waals surface area contributed by atoms with E-state index in [2.05, 4.69) is 0 Å². The number of halogens is 2. The third-order valence-electron chi connectivity index (χ3n) is 2.93. The molecule has 0 saturated carbocycles. The number of hydrogen-bond acceptors (Lipinski definition) is 2. The number of ether oxygens (including phenoxy) is 1. The topological polar surface area (TPSA) is 35.2 Å². The van der Waals surface area contributed by atoms with Crippen LogP contribution < -0.4 is 10.5 Å². The zero-order valence-electron chi connectivity index (χ0n) is 10.6. The molecular formula is C15H15F2NO. The van der Waals surface area contributed by atoms with E-state index in [-0.39, 0.29) is 0 Å². The highest BCUT2D eigenvalue weighted by Gasteiger charge is 2.10. The summed E-state index contributed by atoms with van der Waals surface area (Å²) in [5, 5.41) is 0. The van der Waals surface area contributed by atoms with Crippen LogP contribution in [-0.2, 0) is 6.42 Å². The van der Waals surface area contributed by atoms with Crippen LogP contribution in [0.15, 0.2) is 36.4 Å². The fourth-order valence-electron chi connectivity index (χ4n) is 1.97. The molecule has 2 aromatic rings. The van der Waals surface area contributed by atoms with Crippen LogP contribution in [0.1, 0.15) is 5.56 Å². The molecule has 2 nitrogen and oxygen atoms in total. The van der Waals surface area contributed by atoms with Crippen LogP contribution in [0.2, 0.25) is 0 Å². The molecule has 0 aliphatic rings. The van der Waals surface area contributed by atoms with Gasteiger partial charge in [-0.2, -0.15) is 0 Å². The second-order valence-electron chi connectivity index (χ2n) is 4.20. The van der Waals surface area contributed by atoms with E-state index in [0.29, 0.717) is 17.9 Å². The first-order valence-electron chi connectivity index (χ1n) is 5.98. The molecule has 0 heterocycles. The molecule has 2 N–H and O–H groups in total. The average molecular weight is 263 g/mol. The summed E-state index contributed by atoms with van der Waals surface area (Å²) >= 11 is 0. The van der Waals surface area contributed by atoms with Gasteiger partial charge in [0.2, 0.25) is 0 Å². The van der Waals surface area contributed by atoms with Crippen LogP contribution in [0.25, 0.3) is 11.1 Å². The highest BCUT2D eigenvalue weighted by molar-refractivity contribution is 5.71. The Balaban J connectivity index is 2.51. The van der Waals surface area contributed by atoms with Crippen LogP contribution in [0, 0.1) is 11.6 Å². The maximum absolute atomic E-state index is 13.3. The Morgan fingerprint density at radius 2 is 1.84 bits per heavy atom. The minimum atomic E-state index is -0.871.